The molecule has 3 aromatic carbocycles. The largest absolute Gasteiger partial charge is 0.289 e. The van der Waals surface area contributed by atoms with Crippen molar-refractivity contribution < 1.29 is 4.79 Å². The van der Waals surface area contributed by atoms with Gasteiger partial charge in [0.1, 0.15) is 5.15 Å². The Morgan fingerprint density at radius 3 is 2.20 bits per heavy atom. The summed E-state index contributed by atoms with van der Waals surface area (Å²) >= 11 is 13.7. The molecule has 2 heterocycles. The molecule has 0 radical (unpaired) electrons. The second kappa shape index (κ2) is 9.90. The Bertz CT molecular complexity index is 1580. The molecule has 5 aromatic rings. The summed E-state index contributed by atoms with van der Waals surface area (Å²) in [5, 5.41) is 5.97. The van der Waals surface area contributed by atoms with E-state index in [2.05, 4.69) is 31.9 Å². The molecule has 0 saturated carbocycles. The Morgan fingerprint density at radius 2 is 1.54 bits per heavy atom. The molecule has 0 amide bonds. The molecule has 2 aromatic heterocycles. The number of ketones is 1. The number of carbonyl (C=O) groups is 1. The van der Waals surface area contributed by atoms with Gasteiger partial charge in [-0.05, 0) is 73.2 Å². The molecule has 0 fully saturated rings. The van der Waals surface area contributed by atoms with Gasteiger partial charge in [0.2, 0.25) is 0 Å². The van der Waals surface area contributed by atoms with E-state index in [1.54, 1.807) is 22.9 Å². The van der Waals surface area contributed by atoms with Crippen LogP contribution in [-0.4, -0.2) is 20.5 Å². The standard InChI is InChI=1S/C28H18Br2ClN3O/c1-17-25-26(19-9-13-21(30)14-10-19)23(15-16-24(35)18-7-11-20(29)12-8-18)27(31)32-28(25)34(33-17)22-5-3-2-4-6-22/h2-16H,1H3/b16-15+. The van der Waals surface area contributed by atoms with Gasteiger partial charge in [-0.1, -0.05) is 73.8 Å². The van der Waals surface area contributed by atoms with Gasteiger partial charge in [0.25, 0.3) is 0 Å². The van der Waals surface area contributed by atoms with Gasteiger partial charge in [-0.25, -0.2) is 9.67 Å². The van der Waals surface area contributed by atoms with Crippen LogP contribution in [0, 0.1) is 6.92 Å². The number of rotatable bonds is 5. The lowest BCUT2D eigenvalue weighted by Gasteiger charge is -2.12. The van der Waals surface area contributed by atoms with Crippen molar-refractivity contribution in [1.29, 1.82) is 0 Å². The van der Waals surface area contributed by atoms with Crippen molar-refractivity contribution in [2.75, 3.05) is 0 Å². The molecule has 0 atom stereocenters. The van der Waals surface area contributed by atoms with Crippen LogP contribution in [0.15, 0.2) is 93.9 Å². The first kappa shape index (κ1) is 23.7. The van der Waals surface area contributed by atoms with Crippen molar-refractivity contribution in [3.05, 3.63) is 116 Å². The molecule has 4 nitrogen and oxygen atoms in total. The quantitative estimate of drug-likeness (QED) is 0.114. The highest BCUT2D eigenvalue weighted by atomic mass is 79.9. The van der Waals surface area contributed by atoms with Crippen LogP contribution in [0.2, 0.25) is 5.15 Å². The number of aromatic nitrogens is 3. The van der Waals surface area contributed by atoms with Gasteiger partial charge in [-0.3, -0.25) is 4.79 Å². The summed E-state index contributed by atoms with van der Waals surface area (Å²) < 4.78 is 3.69. The Balaban J connectivity index is 1.73. The summed E-state index contributed by atoms with van der Waals surface area (Å²) in [4.78, 5) is 17.6. The number of fused-ring (bicyclic) bond motifs is 1. The third kappa shape index (κ3) is 4.74. The highest BCUT2D eigenvalue weighted by molar-refractivity contribution is 9.10. The average Bonchev–Trinajstić information content (AvgIpc) is 3.19. The van der Waals surface area contributed by atoms with Crippen LogP contribution >= 0.6 is 43.5 Å². The first-order valence-corrected chi connectivity index (χ1v) is 12.8. The van der Waals surface area contributed by atoms with Gasteiger partial charge in [0.05, 0.1) is 16.8 Å². The molecule has 7 heteroatoms. The second-order valence-corrected chi connectivity index (χ2v) is 10.1. The molecule has 172 valence electrons. The Labute approximate surface area is 224 Å². The van der Waals surface area contributed by atoms with E-state index < -0.39 is 0 Å². The zero-order valence-corrected chi connectivity index (χ0v) is 22.5. The number of para-hydroxylation sites is 1. The van der Waals surface area contributed by atoms with Crippen LogP contribution in [0.4, 0.5) is 0 Å². The number of nitrogens with zero attached hydrogens (tertiary/aromatic N) is 3. The molecule has 5 rings (SSSR count). The summed E-state index contributed by atoms with van der Waals surface area (Å²) in [5.41, 5.74) is 5.47. The van der Waals surface area contributed by atoms with E-state index in [-0.39, 0.29) is 5.78 Å². The maximum Gasteiger partial charge on any atom is 0.185 e. The summed E-state index contributed by atoms with van der Waals surface area (Å²) in [6, 6.07) is 25.1. The van der Waals surface area contributed by atoms with Gasteiger partial charge in [-0.2, -0.15) is 5.10 Å². The number of halogens is 3. The predicted octanol–water partition coefficient (Wildman–Crippen LogP) is 8.47. The summed E-state index contributed by atoms with van der Waals surface area (Å²) in [6.07, 6.45) is 3.28. The van der Waals surface area contributed by atoms with E-state index in [4.69, 9.17) is 21.7 Å². The first-order valence-electron chi connectivity index (χ1n) is 10.8. The average molecular weight is 608 g/mol. The van der Waals surface area contributed by atoms with Crippen molar-refractivity contribution in [2.45, 2.75) is 6.92 Å². The zero-order valence-electron chi connectivity index (χ0n) is 18.5. The summed E-state index contributed by atoms with van der Waals surface area (Å²) in [6.45, 7) is 1.96. The number of pyridine rings is 1. The Morgan fingerprint density at radius 1 is 0.914 bits per heavy atom. The fraction of sp³-hybridized carbons (Fsp3) is 0.0357. The maximum atomic E-state index is 12.9. The van der Waals surface area contributed by atoms with Gasteiger partial charge >= 0.3 is 0 Å². The van der Waals surface area contributed by atoms with Crippen LogP contribution in [0.3, 0.4) is 0 Å². The summed E-state index contributed by atoms with van der Waals surface area (Å²) in [5.74, 6) is -0.118. The van der Waals surface area contributed by atoms with E-state index in [1.165, 1.54) is 6.08 Å². The van der Waals surface area contributed by atoms with Crippen LogP contribution < -0.4 is 0 Å². The Kier molecular flexibility index (Phi) is 6.69. The fourth-order valence-corrected chi connectivity index (χ4v) is 4.76. The second-order valence-electron chi connectivity index (χ2n) is 7.93. The minimum Gasteiger partial charge on any atom is -0.289 e. The monoisotopic (exact) mass is 605 g/mol. The summed E-state index contributed by atoms with van der Waals surface area (Å²) in [7, 11) is 0. The lowest BCUT2D eigenvalue weighted by atomic mass is 9.96. The minimum atomic E-state index is -0.118. The topological polar surface area (TPSA) is 47.8 Å². The normalized spacial score (nSPS) is 11.4. The SMILES string of the molecule is Cc1nn(-c2ccccc2)c2nc(Cl)c(/C=C/C(=O)c3ccc(Br)cc3)c(-c3ccc(Br)cc3)c12. The van der Waals surface area contributed by atoms with E-state index in [1.807, 2.05) is 73.7 Å². The van der Waals surface area contributed by atoms with Crippen molar-refractivity contribution in [2.24, 2.45) is 0 Å². The third-order valence-electron chi connectivity index (χ3n) is 5.65. The number of hydrogen-bond acceptors (Lipinski definition) is 3. The van der Waals surface area contributed by atoms with Crippen LogP contribution in [0.25, 0.3) is 33.9 Å². The first-order chi connectivity index (χ1) is 16.9. The lowest BCUT2D eigenvalue weighted by molar-refractivity contribution is 0.104. The number of aryl methyl sites for hydroxylation is 1. The predicted molar refractivity (Wildman–Crippen MR) is 149 cm³/mol. The third-order valence-corrected chi connectivity index (χ3v) is 6.99. The fourth-order valence-electron chi connectivity index (χ4n) is 3.99. The molecule has 0 bridgehead atoms. The molecule has 0 spiro atoms. The van der Waals surface area contributed by atoms with Gasteiger partial charge in [0, 0.05) is 25.6 Å². The van der Waals surface area contributed by atoms with Crippen LogP contribution in [0.5, 0.6) is 0 Å². The number of hydrogen-bond donors (Lipinski definition) is 0. The van der Waals surface area contributed by atoms with Gasteiger partial charge in [-0.15, -0.1) is 0 Å². The van der Waals surface area contributed by atoms with Crippen molar-refractivity contribution in [3.63, 3.8) is 0 Å². The zero-order chi connectivity index (χ0) is 24.5. The molecular weight excluding hydrogens is 590 g/mol. The maximum absolute atomic E-state index is 12.9. The Hall–Kier alpha value is -3.06. The minimum absolute atomic E-state index is 0.118. The smallest absolute Gasteiger partial charge is 0.185 e. The van der Waals surface area contributed by atoms with Gasteiger partial charge < -0.3 is 0 Å². The highest BCUT2D eigenvalue weighted by Gasteiger charge is 2.21. The van der Waals surface area contributed by atoms with Gasteiger partial charge in [0.15, 0.2) is 11.4 Å². The van der Waals surface area contributed by atoms with Crippen LogP contribution in [0.1, 0.15) is 21.6 Å². The number of allylic oxidation sites excluding steroid dienone is 1. The number of carbonyl (C=O) groups excluding carboxylic acids is 1. The van der Waals surface area contributed by atoms with Crippen LogP contribution in [-0.2, 0) is 0 Å². The van der Waals surface area contributed by atoms with E-state index in [0.717, 1.165) is 36.8 Å². The van der Waals surface area contributed by atoms with E-state index >= 15 is 0 Å². The molecule has 35 heavy (non-hydrogen) atoms. The number of benzene rings is 3. The van der Waals surface area contributed by atoms with Crippen molar-refractivity contribution >= 4 is 66.4 Å². The molecule has 0 aliphatic heterocycles. The highest BCUT2D eigenvalue weighted by Crippen LogP contribution is 2.38. The molecular formula is C28H18Br2ClN3O. The molecule has 0 N–H and O–H groups in total. The van der Waals surface area contributed by atoms with Crippen molar-refractivity contribution in [1.82, 2.24) is 14.8 Å². The molecule has 0 saturated heterocycles. The molecule has 0 aliphatic carbocycles. The van der Waals surface area contributed by atoms with E-state index in [9.17, 15) is 4.79 Å². The lowest BCUT2D eigenvalue weighted by Crippen LogP contribution is -1.99. The van der Waals surface area contributed by atoms with E-state index in [0.29, 0.717) is 21.9 Å². The molecule has 0 unspecified atom stereocenters. The van der Waals surface area contributed by atoms with Crippen molar-refractivity contribution in [3.8, 4) is 16.8 Å². The molecule has 0 aliphatic rings.